The summed E-state index contributed by atoms with van der Waals surface area (Å²) in [5.74, 6) is 0.0961. The summed E-state index contributed by atoms with van der Waals surface area (Å²) >= 11 is 6.04. The van der Waals surface area contributed by atoms with Gasteiger partial charge in [-0.2, -0.15) is 0 Å². The van der Waals surface area contributed by atoms with Crippen LogP contribution in [0.25, 0.3) is 0 Å². The van der Waals surface area contributed by atoms with Gasteiger partial charge in [0.05, 0.1) is 5.60 Å². The molecule has 3 heteroatoms. The molecule has 2 aromatic rings. The maximum absolute atomic E-state index is 11.7. The second-order valence-corrected chi connectivity index (χ2v) is 6.92. The average Bonchev–Trinajstić information content (AvgIpc) is 2.60. The van der Waals surface area contributed by atoms with Crippen molar-refractivity contribution in [3.63, 3.8) is 0 Å². The highest BCUT2D eigenvalue weighted by Gasteiger charge is 2.36. The molecule has 0 saturated carbocycles. The van der Waals surface area contributed by atoms with E-state index in [4.69, 9.17) is 11.6 Å². The minimum atomic E-state index is -0.922. The molecule has 0 spiro atoms. The summed E-state index contributed by atoms with van der Waals surface area (Å²) in [5.41, 5.74) is 1.14. The minimum absolute atomic E-state index is 0.0961. The topological polar surface area (TPSA) is 23.5 Å². The van der Waals surface area contributed by atoms with Gasteiger partial charge in [0.2, 0.25) is 0 Å². The molecule has 1 N–H and O–H groups in total. The first-order chi connectivity index (χ1) is 11.5. The van der Waals surface area contributed by atoms with Gasteiger partial charge in [-0.15, -0.1) is 0 Å². The van der Waals surface area contributed by atoms with Gasteiger partial charge in [-0.1, -0.05) is 74.8 Å². The Morgan fingerprint density at radius 2 is 1.58 bits per heavy atom. The summed E-state index contributed by atoms with van der Waals surface area (Å²) in [4.78, 5) is 2.36. The fourth-order valence-electron chi connectivity index (χ4n) is 3.23. The maximum Gasteiger partial charge on any atom is 0.0974 e. The van der Waals surface area contributed by atoms with Crippen molar-refractivity contribution in [1.82, 2.24) is 4.90 Å². The molecule has 24 heavy (non-hydrogen) atoms. The number of nitrogens with zero attached hydrogens (tertiary/aromatic N) is 1. The molecule has 2 aromatic carbocycles. The summed E-state index contributed by atoms with van der Waals surface area (Å²) in [7, 11) is 0. The molecular weight excluding hydrogens is 318 g/mol. The van der Waals surface area contributed by atoms with Crippen LogP contribution < -0.4 is 0 Å². The summed E-state index contributed by atoms with van der Waals surface area (Å²) in [6, 6.07) is 17.8. The predicted octanol–water partition coefficient (Wildman–Crippen LogP) is 4.75. The van der Waals surface area contributed by atoms with Crippen molar-refractivity contribution in [3.05, 3.63) is 70.7 Å². The quantitative estimate of drug-likeness (QED) is 0.746. The Morgan fingerprint density at radius 3 is 2.12 bits per heavy atom. The van der Waals surface area contributed by atoms with Gasteiger partial charge in [0.15, 0.2) is 0 Å². The lowest BCUT2D eigenvalue weighted by atomic mass is 9.77. The highest BCUT2D eigenvalue weighted by molar-refractivity contribution is 6.30. The molecule has 0 heterocycles. The lowest BCUT2D eigenvalue weighted by molar-refractivity contribution is -0.0290. The Bertz CT molecular complexity index is 609. The lowest BCUT2D eigenvalue weighted by Crippen LogP contribution is -2.42. The third-order valence-corrected chi connectivity index (χ3v) is 5.15. The monoisotopic (exact) mass is 345 g/mol. The highest BCUT2D eigenvalue weighted by Crippen LogP contribution is 2.34. The summed E-state index contributed by atoms with van der Waals surface area (Å²) in [6.45, 7) is 9.30. The van der Waals surface area contributed by atoms with Crippen LogP contribution in [0.1, 0.15) is 31.9 Å². The Morgan fingerprint density at radius 1 is 1.00 bits per heavy atom. The smallest absolute Gasteiger partial charge is 0.0974 e. The lowest BCUT2D eigenvalue weighted by Gasteiger charge is -2.37. The molecule has 0 aliphatic heterocycles. The van der Waals surface area contributed by atoms with Gasteiger partial charge in [0.25, 0.3) is 0 Å². The molecule has 0 aromatic heterocycles. The third kappa shape index (κ3) is 4.60. The molecule has 2 unspecified atom stereocenters. The molecule has 2 rings (SSSR count). The number of aliphatic hydroxyl groups is 1. The van der Waals surface area contributed by atoms with Gasteiger partial charge < -0.3 is 10.0 Å². The van der Waals surface area contributed by atoms with Gasteiger partial charge in [-0.05, 0) is 36.3 Å². The third-order valence-electron chi connectivity index (χ3n) is 4.90. The Kier molecular flexibility index (Phi) is 6.85. The molecule has 0 radical (unpaired) electrons. The molecular formula is C21H28ClNO. The van der Waals surface area contributed by atoms with Crippen molar-refractivity contribution in [1.29, 1.82) is 0 Å². The average molecular weight is 346 g/mol. The van der Waals surface area contributed by atoms with Gasteiger partial charge in [-0.25, -0.2) is 0 Å². The van der Waals surface area contributed by atoms with Crippen molar-refractivity contribution >= 4 is 11.6 Å². The first-order valence-electron chi connectivity index (χ1n) is 8.74. The number of benzene rings is 2. The molecule has 2 nitrogen and oxygen atoms in total. The van der Waals surface area contributed by atoms with Crippen LogP contribution in [0.3, 0.4) is 0 Å². The van der Waals surface area contributed by atoms with Crippen molar-refractivity contribution < 1.29 is 5.11 Å². The number of hydrogen-bond acceptors (Lipinski definition) is 2. The zero-order chi connectivity index (χ0) is 17.6. The van der Waals surface area contributed by atoms with Gasteiger partial charge >= 0.3 is 0 Å². The van der Waals surface area contributed by atoms with E-state index in [0.29, 0.717) is 11.4 Å². The van der Waals surface area contributed by atoms with Gasteiger partial charge in [-0.3, -0.25) is 0 Å². The first kappa shape index (κ1) is 19.0. The van der Waals surface area contributed by atoms with Crippen molar-refractivity contribution in [2.75, 3.05) is 19.6 Å². The maximum atomic E-state index is 11.7. The van der Waals surface area contributed by atoms with Crippen LogP contribution in [-0.4, -0.2) is 29.6 Å². The molecule has 0 saturated heterocycles. The second-order valence-electron chi connectivity index (χ2n) is 6.48. The van der Waals surface area contributed by atoms with Crippen molar-refractivity contribution in [2.45, 2.75) is 32.8 Å². The van der Waals surface area contributed by atoms with E-state index >= 15 is 0 Å². The van der Waals surface area contributed by atoms with Crippen LogP contribution in [0, 0.1) is 5.92 Å². The SMILES string of the molecule is CCN(CC)CC(C)C(O)(Cc1ccccc1)c1ccc(Cl)cc1. The number of rotatable bonds is 8. The van der Waals surface area contributed by atoms with Crippen molar-refractivity contribution in [3.8, 4) is 0 Å². The first-order valence-corrected chi connectivity index (χ1v) is 9.12. The Labute approximate surface area is 151 Å². The van der Waals surface area contributed by atoms with Crippen LogP contribution in [0.15, 0.2) is 54.6 Å². The molecule has 0 fully saturated rings. The van der Waals surface area contributed by atoms with E-state index in [9.17, 15) is 5.11 Å². The zero-order valence-corrected chi connectivity index (χ0v) is 15.6. The van der Waals surface area contributed by atoms with Crippen molar-refractivity contribution in [2.24, 2.45) is 5.92 Å². The molecule has 0 aliphatic rings. The molecule has 2 atom stereocenters. The van der Waals surface area contributed by atoms with Gasteiger partial charge in [0, 0.05) is 23.9 Å². The van der Waals surface area contributed by atoms with Crippen LogP contribution in [0.4, 0.5) is 0 Å². The van der Waals surface area contributed by atoms with Crippen LogP contribution in [0.2, 0.25) is 5.02 Å². The number of halogens is 1. The molecule has 0 bridgehead atoms. The van der Waals surface area contributed by atoms with Crippen LogP contribution >= 0.6 is 11.6 Å². The summed E-state index contributed by atoms with van der Waals surface area (Å²) in [5, 5.41) is 12.4. The van der Waals surface area contributed by atoms with E-state index < -0.39 is 5.60 Å². The normalized spacial score (nSPS) is 15.2. The van der Waals surface area contributed by atoms with E-state index in [2.05, 4.69) is 37.8 Å². The Hall–Kier alpha value is -1.35. The molecule has 0 amide bonds. The zero-order valence-electron chi connectivity index (χ0n) is 14.9. The van der Waals surface area contributed by atoms with E-state index in [-0.39, 0.29) is 5.92 Å². The minimum Gasteiger partial charge on any atom is -0.384 e. The summed E-state index contributed by atoms with van der Waals surface area (Å²) in [6.07, 6.45) is 0.595. The molecule has 0 aliphatic carbocycles. The van der Waals surface area contributed by atoms with Crippen LogP contribution in [0.5, 0.6) is 0 Å². The Balaban J connectivity index is 2.34. The van der Waals surface area contributed by atoms with Gasteiger partial charge in [0.1, 0.15) is 0 Å². The summed E-state index contributed by atoms with van der Waals surface area (Å²) < 4.78 is 0. The van der Waals surface area contributed by atoms with E-state index in [1.54, 1.807) is 0 Å². The highest BCUT2D eigenvalue weighted by atomic mass is 35.5. The van der Waals surface area contributed by atoms with Crippen LogP contribution in [-0.2, 0) is 12.0 Å². The number of hydrogen-bond donors (Lipinski definition) is 1. The molecule has 130 valence electrons. The fraction of sp³-hybridized carbons (Fsp3) is 0.429. The largest absolute Gasteiger partial charge is 0.384 e. The standard InChI is InChI=1S/C21H28ClNO/c1-4-23(5-2)16-17(3)21(24,15-18-9-7-6-8-10-18)19-11-13-20(22)14-12-19/h6-14,17,24H,4-5,15-16H2,1-3H3. The predicted molar refractivity (Wildman–Crippen MR) is 102 cm³/mol. The fourth-order valence-corrected chi connectivity index (χ4v) is 3.35. The van der Waals surface area contributed by atoms with E-state index in [0.717, 1.165) is 30.8 Å². The van der Waals surface area contributed by atoms with E-state index in [1.165, 1.54) is 0 Å². The second kappa shape index (κ2) is 8.66. The van der Waals surface area contributed by atoms with E-state index in [1.807, 2.05) is 42.5 Å².